The molecule has 0 atom stereocenters. The predicted molar refractivity (Wildman–Crippen MR) is 82.8 cm³/mol. The molecule has 0 heterocycles. The van der Waals surface area contributed by atoms with Crippen molar-refractivity contribution < 1.29 is 4.79 Å². The molecule has 2 heteroatoms. The first kappa shape index (κ1) is 12.9. The van der Waals surface area contributed by atoms with Gasteiger partial charge in [-0.25, -0.2) is 0 Å². The van der Waals surface area contributed by atoms with Crippen LogP contribution in [-0.2, 0) is 11.2 Å². The van der Waals surface area contributed by atoms with Crippen molar-refractivity contribution in [3.8, 4) is 11.1 Å². The maximum absolute atomic E-state index is 11.8. The van der Waals surface area contributed by atoms with Crippen LogP contribution in [0.5, 0.6) is 0 Å². The molecule has 0 spiro atoms. The fourth-order valence-electron chi connectivity index (χ4n) is 2.78. The van der Waals surface area contributed by atoms with E-state index in [1.165, 1.54) is 22.3 Å². The lowest BCUT2D eigenvalue weighted by molar-refractivity contribution is -0.116. The number of unbranched alkanes of at least 4 members (excludes halogenated alkanes) is 1. The molecule has 1 N–H and O–H groups in total. The summed E-state index contributed by atoms with van der Waals surface area (Å²) in [4.78, 5) is 11.8. The van der Waals surface area contributed by atoms with Gasteiger partial charge in [-0.2, -0.15) is 0 Å². The summed E-state index contributed by atoms with van der Waals surface area (Å²) < 4.78 is 0. The molecule has 0 aromatic heterocycles. The first-order chi connectivity index (χ1) is 9.78. The quantitative estimate of drug-likeness (QED) is 0.745. The summed E-state index contributed by atoms with van der Waals surface area (Å²) in [5, 5.41) is 2.99. The van der Waals surface area contributed by atoms with Crippen molar-refractivity contribution in [3.05, 3.63) is 53.6 Å². The number of carbonyl (C=O) groups is 1. The second kappa shape index (κ2) is 5.49. The van der Waals surface area contributed by atoms with Gasteiger partial charge in [0.25, 0.3) is 0 Å². The van der Waals surface area contributed by atoms with E-state index in [2.05, 4.69) is 48.6 Å². The standard InChI is InChI=1S/C18H19NO/c1-2-3-8-18(20)19-15-9-10-17-14(12-15)11-13-6-4-5-7-16(13)17/h4-7,9-10,12H,2-3,8,11H2,1H3,(H,19,20). The third-order valence-corrected chi connectivity index (χ3v) is 3.83. The van der Waals surface area contributed by atoms with Crippen LogP contribution in [0.25, 0.3) is 11.1 Å². The Morgan fingerprint density at radius 3 is 2.75 bits per heavy atom. The van der Waals surface area contributed by atoms with Crippen molar-refractivity contribution in [1.82, 2.24) is 0 Å². The number of carbonyl (C=O) groups excluding carboxylic acids is 1. The number of nitrogens with one attached hydrogen (secondary N) is 1. The summed E-state index contributed by atoms with van der Waals surface area (Å²) in [5.74, 6) is 0.113. The second-order valence-corrected chi connectivity index (χ2v) is 5.36. The van der Waals surface area contributed by atoms with Crippen LogP contribution in [0.1, 0.15) is 37.3 Å². The van der Waals surface area contributed by atoms with Crippen LogP contribution < -0.4 is 5.32 Å². The Morgan fingerprint density at radius 1 is 1.10 bits per heavy atom. The van der Waals surface area contributed by atoms with E-state index in [1.54, 1.807) is 0 Å². The predicted octanol–water partition coefficient (Wildman–Crippen LogP) is 4.39. The smallest absolute Gasteiger partial charge is 0.224 e. The molecular formula is C18H19NO. The highest BCUT2D eigenvalue weighted by Crippen LogP contribution is 2.37. The Morgan fingerprint density at radius 2 is 1.90 bits per heavy atom. The van der Waals surface area contributed by atoms with Crippen molar-refractivity contribution >= 4 is 11.6 Å². The molecule has 2 nitrogen and oxygen atoms in total. The van der Waals surface area contributed by atoms with Crippen LogP contribution in [0.2, 0.25) is 0 Å². The number of benzene rings is 2. The van der Waals surface area contributed by atoms with E-state index in [-0.39, 0.29) is 5.91 Å². The molecule has 20 heavy (non-hydrogen) atoms. The summed E-state index contributed by atoms with van der Waals surface area (Å²) in [6, 6.07) is 14.7. The number of amides is 1. The molecule has 2 aromatic carbocycles. The van der Waals surface area contributed by atoms with Crippen molar-refractivity contribution in [2.75, 3.05) is 5.32 Å². The molecule has 0 saturated heterocycles. The summed E-state index contributed by atoms with van der Waals surface area (Å²) in [6.45, 7) is 2.10. The lowest BCUT2D eigenvalue weighted by Crippen LogP contribution is -2.11. The molecule has 3 rings (SSSR count). The van der Waals surface area contributed by atoms with Gasteiger partial charge in [-0.15, -0.1) is 0 Å². The van der Waals surface area contributed by atoms with Crippen molar-refractivity contribution in [2.24, 2.45) is 0 Å². The first-order valence-corrected chi connectivity index (χ1v) is 7.29. The molecule has 0 bridgehead atoms. The van der Waals surface area contributed by atoms with E-state index in [9.17, 15) is 4.79 Å². The molecule has 0 fully saturated rings. The minimum atomic E-state index is 0.113. The molecule has 2 aromatic rings. The highest BCUT2D eigenvalue weighted by molar-refractivity contribution is 5.91. The van der Waals surface area contributed by atoms with E-state index in [4.69, 9.17) is 0 Å². The summed E-state index contributed by atoms with van der Waals surface area (Å²) >= 11 is 0. The zero-order chi connectivity index (χ0) is 13.9. The summed E-state index contributed by atoms with van der Waals surface area (Å²) in [7, 11) is 0. The van der Waals surface area contributed by atoms with Crippen molar-refractivity contribution in [1.29, 1.82) is 0 Å². The van der Waals surface area contributed by atoms with Crippen molar-refractivity contribution in [3.63, 3.8) is 0 Å². The highest BCUT2D eigenvalue weighted by atomic mass is 16.1. The fourth-order valence-corrected chi connectivity index (χ4v) is 2.78. The maximum Gasteiger partial charge on any atom is 0.224 e. The molecule has 102 valence electrons. The summed E-state index contributed by atoms with van der Waals surface area (Å²) in [6.07, 6.45) is 3.56. The van der Waals surface area contributed by atoms with Crippen LogP contribution in [-0.4, -0.2) is 5.91 Å². The van der Waals surface area contributed by atoms with Crippen LogP contribution in [0.3, 0.4) is 0 Å². The minimum absolute atomic E-state index is 0.113. The Bertz CT molecular complexity index is 646. The van der Waals surface area contributed by atoms with Gasteiger partial charge in [0.1, 0.15) is 0 Å². The number of hydrogen-bond donors (Lipinski definition) is 1. The second-order valence-electron chi connectivity index (χ2n) is 5.36. The number of hydrogen-bond acceptors (Lipinski definition) is 1. The normalized spacial score (nSPS) is 11.8. The van der Waals surface area contributed by atoms with Gasteiger partial charge in [0.15, 0.2) is 0 Å². The topological polar surface area (TPSA) is 29.1 Å². The molecule has 0 radical (unpaired) electrons. The number of rotatable bonds is 4. The Labute approximate surface area is 119 Å². The van der Waals surface area contributed by atoms with Gasteiger partial charge >= 0.3 is 0 Å². The molecule has 1 amide bonds. The lowest BCUT2D eigenvalue weighted by Gasteiger charge is -2.07. The van der Waals surface area contributed by atoms with E-state index in [0.29, 0.717) is 6.42 Å². The van der Waals surface area contributed by atoms with Crippen LogP contribution in [0, 0.1) is 0 Å². The van der Waals surface area contributed by atoms with Gasteiger partial charge in [0.05, 0.1) is 0 Å². The Balaban J connectivity index is 1.79. The molecule has 1 aliphatic rings. The van der Waals surface area contributed by atoms with E-state index in [1.807, 2.05) is 6.07 Å². The van der Waals surface area contributed by atoms with E-state index >= 15 is 0 Å². The molecular weight excluding hydrogens is 246 g/mol. The monoisotopic (exact) mass is 265 g/mol. The maximum atomic E-state index is 11.8. The van der Waals surface area contributed by atoms with Gasteiger partial charge in [0.2, 0.25) is 5.91 Å². The minimum Gasteiger partial charge on any atom is -0.326 e. The zero-order valence-electron chi connectivity index (χ0n) is 11.8. The lowest BCUT2D eigenvalue weighted by atomic mass is 10.1. The average Bonchev–Trinajstić information content (AvgIpc) is 2.82. The molecule has 0 unspecified atom stereocenters. The van der Waals surface area contributed by atoms with Crippen LogP contribution in [0.4, 0.5) is 5.69 Å². The SMILES string of the molecule is CCCCC(=O)Nc1ccc2c(c1)Cc1ccccc1-2. The highest BCUT2D eigenvalue weighted by Gasteiger charge is 2.18. The van der Waals surface area contributed by atoms with Gasteiger partial charge < -0.3 is 5.32 Å². The number of fused-ring (bicyclic) bond motifs is 3. The Kier molecular flexibility index (Phi) is 3.55. The molecule has 0 aliphatic heterocycles. The van der Waals surface area contributed by atoms with Gasteiger partial charge in [-0.3, -0.25) is 4.79 Å². The van der Waals surface area contributed by atoms with Gasteiger partial charge in [0, 0.05) is 12.1 Å². The largest absolute Gasteiger partial charge is 0.326 e. The molecule has 1 aliphatic carbocycles. The van der Waals surface area contributed by atoms with Gasteiger partial charge in [-0.05, 0) is 47.2 Å². The first-order valence-electron chi connectivity index (χ1n) is 7.29. The summed E-state index contributed by atoms with van der Waals surface area (Å²) in [5.41, 5.74) is 6.22. The third kappa shape index (κ3) is 2.46. The number of anilines is 1. The zero-order valence-corrected chi connectivity index (χ0v) is 11.8. The third-order valence-electron chi connectivity index (χ3n) is 3.83. The Hall–Kier alpha value is -2.09. The van der Waals surface area contributed by atoms with Crippen LogP contribution in [0.15, 0.2) is 42.5 Å². The van der Waals surface area contributed by atoms with Crippen LogP contribution >= 0.6 is 0 Å². The van der Waals surface area contributed by atoms with E-state index in [0.717, 1.165) is 24.9 Å². The van der Waals surface area contributed by atoms with Gasteiger partial charge in [-0.1, -0.05) is 43.7 Å². The fraction of sp³-hybridized carbons (Fsp3) is 0.278. The molecule has 0 saturated carbocycles. The van der Waals surface area contributed by atoms with E-state index < -0.39 is 0 Å². The van der Waals surface area contributed by atoms with Crippen molar-refractivity contribution in [2.45, 2.75) is 32.6 Å². The average molecular weight is 265 g/mol.